The normalized spacial score (nSPS) is 13.3. The van der Waals surface area contributed by atoms with E-state index in [1.54, 1.807) is 12.1 Å². The molecule has 3 aromatic rings. The molecule has 2 aromatic carbocycles. The van der Waals surface area contributed by atoms with Crippen LogP contribution in [0, 0.1) is 0 Å². The molecule has 0 radical (unpaired) electrons. The maximum absolute atomic E-state index is 12.5. The summed E-state index contributed by atoms with van der Waals surface area (Å²) in [5.41, 5.74) is 2.03. The first-order chi connectivity index (χ1) is 11.0. The lowest BCUT2D eigenvalue weighted by Gasteiger charge is -2.13. The quantitative estimate of drug-likeness (QED) is 0.781. The van der Waals surface area contributed by atoms with E-state index >= 15 is 0 Å². The Morgan fingerprint density at radius 2 is 1.83 bits per heavy atom. The maximum atomic E-state index is 12.5. The molecule has 4 nitrogen and oxygen atoms in total. The molecule has 1 aromatic heterocycles. The summed E-state index contributed by atoms with van der Waals surface area (Å²) in [5.74, 6) is 0.116. The van der Waals surface area contributed by atoms with Crippen molar-refractivity contribution < 1.29 is 8.42 Å². The molecule has 120 valence electrons. The molecule has 0 bridgehead atoms. The van der Waals surface area contributed by atoms with Crippen LogP contribution in [0.2, 0.25) is 0 Å². The molecule has 1 atom stereocenters. The van der Waals surface area contributed by atoms with E-state index in [1.807, 2.05) is 67.2 Å². The summed E-state index contributed by atoms with van der Waals surface area (Å²) in [7, 11) is -1.61. The lowest BCUT2D eigenvalue weighted by atomic mass is 10.0. The molecule has 1 unspecified atom stereocenters. The average Bonchev–Trinajstić information content (AvgIpc) is 2.94. The topological polar surface area (TPSA) is 51.1 Å². The second kappa shape index (κ2) is 6.18. The number of hydrogen-bond donors (Lipinski definition) is 1. The van der Waals surface area contributed by atoms with E-state index in [0.717, 1.165) is 16.5 Å². The van der Waals surface area contributed by atoms with Crippen LogP contribution in [-0.4, -0.2) is 19.5 Å². The molecule has 23 heavy (non-hydrogen) atoms. The van der Waals surface area contributed by atoms with Crippen molar-refractivity contribution in [3.63, 3.8) is 0 Å². The van der Waals surface area contributed by atoms with Crippen LogP contribution in [0.1, 0.15) is 18.4 Å². The van der Waals surface area contributed by atoms with Gasteiger partial charge in [0.05, 0.1) is 4.90 Å². The summed E-state index contributed by atoms with van der Waals surface area (Å²) >= 11 is 0. The Balaban J connectivity index is 1.79. The van der Waals surface area contributed by atoms with Gasteiger partial charge < -0.3 is 4.57 Å². The van der Waals surface area contributed by atoms with Crippen LogP contribution in [-0.2, 0) is 17.1 Å². The molecular weight excluding hydrogens is 308 g/mol. The Morgan fingerprint density at radius 3 is 2.57 bits per heavy atom. The zero-order chi connectivity index (χ0) is 16.4. The minimum atomic E-state index is -3.51. The Labute approximate surface area is 136 Å². The third-order valence-electron chi connectivity index (χ3n) is 4.12. The zero-order valence-electron chi connectivity index (χ0n) is 13.2. The first-order valence-electron chi connectivity index (χ1n) is 7.57. The number of benzene rings is 2. The van der Waals surface area contributed by atoms with E-state index in [4.69, 9.17) is 0 Å². The summed E-state index contributed by atoms with van der Waals surface area (Å²) in [6.07, 6.45) is 1.92. The number of aromatic nitrogens is 1. The molecule has 1 N–H and O–H groups in total. The van der Waals surface area contributed by atoms with Crippen molar-refractivity contribution in [2.45, 2.75) is 17.7 Å². The van der Waals surface area contributed by atoms with Crippen LogP contribution in [0.15, 0.2) is 65.7 Å². The second-order valence-corrected chi connectivity index (χ2v) is 7.58. The van der Waals surface area contributed by atoms with Crippen molar-refractivity contribution >= 4 is 20.9 Å². The molecule has 0 fully saturated rings. The van der Waals surface area contributed by atoms with E-state index in [9.17, 15) is 8.42 Å². The van der Waals surface area contributed by atoms with Gasteiger partial charge in [-0.15, -0.1) is 0 Å². The van der Waals surface area contributed by atoms with Crippen LogP contribution < -0.4 is 4.72 Å². The Hall–Kier alpha value is -2.11. The lowest BCUT2D eigenvalue weighted by Crippen LogP contribution is -2.27. The van der Waals surface area contributed by atoms with Crippen LogP contribution in [0.3, 0.4) is 0 Å². The third kappa shape index (κ3) is 3.30. The fourth-order valence-electron chi connectivity index (χ4n) is 2.63. The standard InChI is InChI=1S/C18H20N2O2S/c1-14(15-6-4-3-5-7-15)13-19-23(21,22)17-9-8-16-10-11-20(2)18(16)12-17/h3-12,14,19H,13H2,1-2H3. The van der Waals surface area contributed by atoms with Gasteiger partial charge in [0.2, 0.25) is 10.0 Å². The summed E-state index contributed by atoms with van der Waals surface area (Å²) in [6.45, 7) is 2.38. The lowest BCUT2D eigenvalue weighted by molar-refractivity contribution is 0.575. The smallest absolute Gasteiger partial charge is 0.240 e. The van der Waals surface area contributed by atoms with Gasteiger partial charge >= 0.3 is 0 Å². The first-order valence-corrected chi connectivity index (χ1v) is 9.05. The van der Waals surface area contributed by atoms with Crippen molar-refractivity contribution in [2.75, 3.05) is 6.54 Å². The monoisotopic (exact) mass is 328 g/mol. The number of nitrogens with zero attached hydrogens (tertiary/aromatic N) is 1. The predicted molar refractivity (Wildman–Crippen MR) is 93.0 cm³/mol. The SMILES string of the molecule is CC(CNS(=O)(=O)c1ccc2ccn(C)c2c1)c1ccccc1. The highest BCUT2D eigenvalue weighted by molar-refractivity contribution is 7.89. The minimum Gasteiger partial charge on any atom is -0.351 e. The molecule has 0 spiro atoms. The van der Waals surface area contributed by atoms with Gasteiger partial charge in [-0.3, -0.25) is 0 Å². The van der Waals surface area contributed by atoms with Gasteiger partial charge in [-0.2, -0.15) is 0 Å². The van der Waals surface area contributed by atoms with Gasteiger partial charge in [-0.25, -0.2) is 13.1 Å². The highest BCUT2D eigenvalue weighted by Crippen LogP contribution is 2.20. The molecule has 0 aliphatic carbocycles. The van der Waals surface area contributed by atoms with Crippen LogP contribution in [0.25, 0.3) is 10.9 Å². The van der Waals surface area contributed by atoms with Crippen molar-refractivity contribution in [1.82, 2.24) is 9.29 Å². The van der Waals surface area contributed by atoms with Gasteiger partial charge in [0.1, 0.15) is 0 Å². The number of sulfonamides is 1. The highest BCUT2D eigenvalue weighted by atomic mass is 32.2. The summed E-state index contributed by atoms with van der Waals surface area (Å²) < 4.78 is 29.7. The Kier molecular flexibility index (Phi) is 4.24. The number of aryl methyl sites for hydroxylation is 1. The number of rotatable bonds is 5. The molecule has 3 rings (SSSR count). The van der Waals surface area contributed by atoms with E-state index in [-0.39, 0.29) is 5.92 Å². The Morgan fingerprint density at radius 1 is 1.09 bits per heavy atom. The highest BCUT2D eigenvalue weighted by Gasteiger charge is 2.16. The molecule has 0 amide bonds. The number of hydrogen-bond acceptors (Lipinski definition) is 2. The predicted octanol–water partition coefficient (Wildman–Crippen LogP) is 3.26. The number of nitrogens with one attached hydrogen (secondary N) is 1. The summed E-state index contributed by atoms with van der Waals surface area (Å²) in [6, 6.07) is 17.1. The van der Waals surface area contributed by atoms with Crippen molar-refractivity contribution in [1.29, 1.82) is 0 Å². The van der Waals surface area contributed by atoms with E-state index in [0.29, 0.717) is 11.4 Å². The average molecular weight is 328 g/mol. The van der Waals surface area contributed by atoms with Gasteiger partial charge in [0, 0.05) is 25.3 Å². The molecule has 5 heteroatoms. The fourth-order valence-corrected chi connectivity index (χ4v) is 3.78. The van der Waals surface area contributed by atoms with Crippen molar-refractivity contribution in [2.24, 2.45) is 7.05 Å². The van der Waals surface area contributed by atoms with E-state index < -0.39 is 10.0 Å². The molecule has 0 saturated carbocycles. The van der Waals surface area contributed by atoms with Crippen molar-refractivity contribution in [3.05, 3.63) is 66.4 Å². The van der Waals surface area contributed by atoms with Gasteiger partial charge in [0.15, 0.2) is 0 Å². The first kappa shape index (κ1) is 15.8. The molecule has 0 aliphatic rings. The third-order valence-corrected chi connectivity index (χ3v) is 5.54. The molecule has 0 saturated heterocycles. The van der Waals surface area contributed by atoms with Gasteiger partial charge in [-0.1, -0.05) is 43.3 Å². The fraction of sp³-hybridized carbons (Fsp3) is 0.222. The Bertz CT molecular complexity index is 915. The largest absolute Gasteiger partial charge is 0.351 e. The van der Waals surface area contributed by atoms with Crippen molar-refractivity contribution in [3.8, 4) is 0 Å². The van der Waals surface area contributed by atoms with E-state index in [2.05, 4.69) is 4.72 Å². The minimum absolute atomic E-state index is 0.116. The molecular formula is C18H20N2O2S. The summed E-state index contributed by atoms with van der Waals surface area (Å²) in [4.78, 5) is 0.298. The van der Waals surface area contributed by atoms with E-state index in [1.165, 1.54) is 0 Å². The second-order valence-electron chi connectivity index (χ2n) is 5.81. The molecule has 1 heterocycles. The van der Waals surface area contributed by atoms with Crippen LogP contribution >= 0.6 is 0 Å². The molecule has 0 aliphatic heterocycles. The maximum Gasteiger partial charge on any atom is 0.240 e. The zero-order valence-corrected chi connectivity index (χ0v) is 14.0. The van der Waals surface area contributed by atoms with Crippen LogP contribution in [0.5, 0.6) is 0 Å². The van der Waals surface area contributed by atoms with Gasteiger partial charge in [-0.05, 0) is 35.1 Å². The van der Waals surface area contributed by atoms with Crippen LogP contribution in [0.4, 0.5) is 0 Å². The van der Waals surface area contributed by atoms with Gasteiger partial charge in [0.25, 0.3) is 0 Å². The number of fused-ring (bicyclic) bond motifs is 1. The summed E-state index contributed by atoms with van der Waals surface area (Å²) in [5, 5.41) is 1.03.